The van der Waals surface area contributed by atoms with Gasteiger partial charge in [-0.2, -0.15) is 4.98 Å². The number of hydrogen-bond acceptors (Lipinski definition) is 6. The van der Waals surface area contributed by atoms with Crippen molar-refractivity contribution in [3.63, 3.8) is 0 Å². The van der Waals surface area contributed by atoms with Crippen LogP contribution in [-0.4, -0.2) is 41.0 Å². The molecule has 19 heavy (non-hydrogen) atoms. The quantitative estimate of drug-likeness (QED) is 0.895. The van der Waals surface area contributed by atoms with Crippen LogP contribution in [0.4, 0.5) is 11.8 Å². The van der Waals surface area contributed by atoms with Gasteiger partial charge in [0.1, 0.15) is 10.6 Å². The molecule has 2 aromatic rings. The summed E-state index contributed by atoms with van der Waals surface area (Å²) in [6.07, 6.45) is 1.26. The Labute approximate surface area is 116 Å². The molecule has 1 aliphatic heterocycles. The van der Waals surface area contributed by atoms with Gasteiger partial charge >= 0.3 is 0 Å². The number of anilines is 2. The van der Waals surface area contributed by atoms with Crippen molar-refractivity contribution in [2.75, 3.05) is 37.2 Å². The summed E-state index contributed by atoms with van der Waals surface area (Å²) in [5.41, 5.74) is 5.75. The number of nitrogen functional groups attached to an aromatic ring is 1. The molecule has 0 spiro atoms. The maximum Gasteiger partial charge on any atom is 0.223 e. The van der Waals surface area contributed by atoms with Gasteiger partial charge in [0, 0.05) is 13.1 Å². The van der Waals surface area contributed by atoms with Crippen LogP contribution in [0.15, 0.2) is 11.4 Å². The largest absolute Gasteiger partial charge is 0.369 e. The lowest BCUT2D eigenvalue weighted by Crippen LogP contribution is -2.22. The molecule has 3 rings (SSSR count). The van der Waals surface area contributed by atoms with Gasteiger partial charge < -0.3 is 16.0 Å². The summed E-state index contributed by atoms with van der Waals surface area (Å²) < 4.78 is 0. The third-order valence-electron chi connectivity index (χ3n) is 3.72. The molecular formula is C13H19N5S. The van der Waals surface area contributed by atoms with Gasteiger partial charge in [-0.25, -0.2) is 4.98 Å². The highest BCUT2D eigenvalue weighted by Gasteiger charge is 2.21. The van der Waals surface area contributed by atoms with Gasteiger partial charge in [-0.15, -0.1) is 11.3 Å². The SMILES string of the molecule is CCN1CCC(CNc2nc(N)nc3sccc23)C1. The van der Waals surface area contributed by atoms with E-state index in [1.165, 1.54) is 19.5 Å². The minimum Gasteiger partial charge on any atom is -0.369 e. The molecule has 0 radical (unpaired) electrons. The van der Waals surface area contributed by atoms with Crippen molar-refractivity contribution in [1.82, 2.24) is 14.9 Å². The molecule has 5 nitrogen and oxygen atoms in total. The molecule has 3 heterocycles. The first-order chi connectivity index (χ1) is 9.26. The van der Waals surface area contributed by atoms with Crippen LogP contribution in [0.1, 0.15) is 13.3 Å². The topological polar surface area (TPSA) is 67.1 Å². The molecule has 1 saturated heterocycles. The number of rotatable bonds is 4. The molecule has 1 unspecified atom stereocenters. The van der Waals surface area contributed by atoms with Gasteiger partial charge in [0.15, 0.2) is 0 Å². The molecule has 1 aliphatic rings. The summed E-state index contributed by atoms with van der Waals surface area (Å²) in [6.45, 7) is 6.71. The number of nitrogens with two attached hydrogens (primary N) is 1. The maximum absolute atomic E-state index is 5.75. The third-order valence-corrected chi connectivity index (χ3v) is 4.52. The third kappa shape index (κ3) is 2.64. The molecule has 1 fully saturated rings. The molecule has 0 saturated carbocycles. The Bertz CT molecular complexity index is 567. The second-order valence-electron chi connectivity index (χ2n) is 5.00. The van der Waals surface area contributed by atoms with E-state index in [9.17, 15) is 0 Å². The molecule has 0 aromatic carbocycles. The summed E-state index contributed by atoms with van der Waals surface area (Å²) in [5, 5.41) is 6.55. The highest BCUT2D eigenvalue weighted by Crippen LogP contribution is 2.26. The minimum atomic E-state index is 0.346. The normalized spacial score (nSPS) is 20.2. The van der Waals surface area contributed by atoms with Crippen molar-refractivity contribution in [2.24, 2.45) is 5.92 Å². The van der Waals surface area contributed by atoms with Gasteiger partial charge in [-0.3, -0.25) is 0 Å². The van der Waals surface area contributed by atoms with Crippen molar-refractivity contribution >= 4 is 33.3 Å². The smallest absolute Gasteiger partial charge is 0.223 e. The van der Waals surface area contributed by atoms with Gasteiger partial charge in [0.2, 0.25) is 5.95 Å². The van der Waals surface area contributed by atoms with Crippen molar-refractivity contribution in [3.8, 4) is 0 Å². The van der Waals surface area contributed by atoms with Crippen molar-refractivity contribution in [1.29, 1.82) is 0 Å². The van der Waals surface area contributed by atoms with Crippen molar-refractivity contribution < 1.29 is 0 Å². The van der Waals surface area contributed by atoms with E-state index >= 15 is 0 Å². The van der Waals surface area contributed by atoms with Gasteiger partial charge in [-0.05, 0) is 36.9 Å². The number of fused-ring (bicyclic) bond motifs is 1. The van der Waals surface area contributed by atoms with Crippen LogP contribution in [-0.2, 0) is 0 Å². The lowest BCUT2D eigenvalue weighted by molar-refractivity contribution is 0.345. The highest BCUT2D eigenvalue weighted by atomic mass is 32.1. The number of thiophene rings is 1. The zero-order valence-corrected chi connectivity index (χ0v) is 11.9. The zero-order chi connectivity index (χ0) is 13.2. The molecule has 0 aliphatic carbocycles. The fraction of sp³-hybridized carbons (Fsp3) is 0.538. The standard InChI is InChI=1S/C13H19N5S/c1-2-18-5-3-9(8-18)7-15-11-10-4-6-19-12(10)17-13(14)16-11/h4,6,9H,2-3,5,7-8H2,1H3,(H3,14,15,16,17). The monoisotopic (exact) mass is 277 g/mol. The fourth-order valence-electron chi connectivity index (χ4n) is 2.61. The second kappa shape index (κ2) is 5.30. The van der Waals surface area contributed by atoms with E-state index in [-0.39, 0.29) is 0 Å². The summed E-state index contributed by atoms with van der Waals surface area (Å²) in [4.78, 5) is 12.0. The van der Waals surface area contributed by atoms with Crippen LogP contribution < -0.4 is 11.1 Å². The van der Waals surface area contributed by atoms with Gasteiger partial charge in [0.05, 0.1) is 5.39 Å². The summed E-state index contributed by atoms with van der Waals surface area (Å²) in [5.74, 6) is 1.92. The summed E-state index contributed by atoms with van der Waals surface area (Å²) in [6, 6.07) is 2.05. The molecule has 0 bridgehead atoms. The molecule has 2 aromatic heterocycles. The minimum absolute atomic E-state index is 0.346. The van der Waals surface area contributed by atoms with Crippen molar-refractivity contribution in [3.05, 3.63) is 11.4 Å². The first kappa shape index (κ1) is 12.6. The van der Waals surface area contributed by atoms with E-state index in [4.69, 9.17) is 5.73 Å². The van der Waals surface area contributed by atoms with E-state index in [0.29, 0.717) is 11.9 Å². The van der Waals surface area contributed by atoms with Crippen molar-refractivity contribution in [2.45, 2.75) is 13.3 Å². The molecule has 102 valence electrons. The number of aromatic nitrogens is 2. The van der Waals surface area contributed by atoms with E-state index in [0.717, 1.165) is 29.1 Å². The molecule has 1 atom stereocenters. The molecule has 6 heteroatoms. The Balaban J connectivity index is 1.70. The van der Waals surface area contributed by atoms with Gasteiger partial charge in [-0.1, -0.05) is 6.92 Å². The number of likely N-dealkylation sites (tertiary alicyclic amines) is 1. The van der Waals surface area contributed by atoms with Crippen LogP contribution in [0.2, 0.25) is 0 Å². The van der Waals surface area contributed by atoms with Crippen LogP contribution in [0.3, 0.4) is 0 Å². The number of hydrogen-bond donors (Lipinski definition) is 2. The second-order valence-corrected chi connectivity index (χ2v) is 5.89. The Hall–Kier alpha value is -1.40. The first-order valence-corrected chi connectivity index (χ1v) is 7.61. The zero-order valence-electron chi connectivity index (χ0n) is 11.1. The van der Waals surface area contributed by atoms with Gasteiger partial charge in [0.25, 0.3) is 0 Å². The van der Waals surface area contributed by atoms with E-state index in [1.54, 1.807) is 11.3 Å². The average Bonchev–Trinajstić information content (AvgIpc) is 3.03. The van der Waals surface area contributed by atoms with Crippen LogP contribution in [0, 0.1) is 5.92 Å². The lowest BCUT2D eigenvalue weighted by atomic mass is 10.1. The average molecular weight is 277 g/mol. The van der Waals surface area contributed by atoms with Crippen LogP contribution >= 0.6 is 11.3 Å². The summed E-state index contributed by atoms with van der Waals surface area (Å²) in [7, 11) is 0. The summed E-state index contributed by atoms with van der Waals surface area (Å²) >= 11 is 1.60. The van der Waals surface area contributed by atoms with E-state index in [2.05, 4.69) is 33.2 Å². The number of nitrogens with zero attached hydrogens (tertiary/aromatic N) is 3. The molecule has 3 N–H and O–H groups in total. The fourth-order valence-corrected chi connectivity index (χ4v) is 3.39. The lowest BCUT2D eigenvalue weighted by Gasteiger charge is -2.14. The molecule has 0 amide bonds. The Morgan fingerprint density at radius 3 is 3.21 bits per heavy atom. The van der Waals surface area contributed by atoms with E-state index in [1.807, 2.05) is 5.38 Å². The Kier molecular flexibility index (Phi) is 3.52. The highest BCUT2D eigenvalue weighted by molar-refractivity contribution is 7.16. The number of nitrogens with one attached hydrogen (secondary N) is 1. The first-order valence-electron chi connectivity index (χ1n) is 6.73. The Morgan fingerprint density at radius 1 is 1.53 bits per heavy atom. The molecular weight excluding hydrogens is 258 g/mol. The van der Waals surface area contributed by atoms with E-state index < -0.39 is 0 Å². The van der Waals surface area contributed by atoms with Crippen LogP contribution in [0.25, 0.3) is 10.2 Å². The Morgan fingerprint density at radius 2 is 2.42 bits per heavy atom. The predicted octanol–water partition coefficient (Wildman–Crippen LogP) is 2.03. The van der Waals surface area contributed by atoms with Crippen LogP contribution in [0.5, 0.6) is 0 Å². The maximum atomic E-state index is 5.75. The predicted molar refractivity (Wildman–Crippen MR) is 80.5 cm³/mol.